The lowest BCUT2D eigenvalue weighted by Crippen LogP contribution is -1.97. The molecule has 0 aliphatic carbocycles. The molecule has 94 valence electrons. The van der Waals surface area contributed by atoms with Gasteiger partial charge in [-0.2, -0.15) is 0 Å². The molecule has 0 aliphatic rings. The highest BCUT2D eigenvalue weighted by atomic mass is 19.1. The zero-order valence-corrected chi connectivity index (χ0v) is 10.5. The van der Waals surface area contributed by atoms with Crippen LogP contribution >= 0.6 is 0 Å². The van der Waals surface area contributed by atoms with Gasteiger partial charge in [-0.25, -0.2) is 4.39 Å². The van der Waals surface area contributed by atoms with Crippen LogP contribution < -0.4 is 10.5 Å². The molecule has 0 bridgehead atoms. The van der Waals surface area contributed by atoms with Crippen molar-refractivity contribution in [2.75, 3.05) is 0 Å². The van der Waals surface area contributed by atoms with Crippen LogP contribution in [0, 0.1) is 19.7 Å². The van der Waals surface area contributed by atoms with E-state index < -0.39 is 0 Å². The molecular formula is C15H16FNO. The zero-order chi connectivity index (χ0) is 13.1. The van der Waals surface area contributed by atoms with E-state index in [1.54, 1.807) is 19.1 Å². The predicted molar refractivity (Wildman–Crippen MR) is 70.3 cm³/mol. The average Bonchev–Trinajstić information content (AvgIpc) is 2.36. The van der Waals surface area contributed by atoms with Crippen LogP contribution in [-0.2, 0) is 6.54 Å². The minimum Gasteiger partial charge on any atom is -0.457 e. The predicted octanol–water partition coefficient (Wildman–Crippen LogP) is 3.69. The molecule has 0 atom stereocenters. The van der Waals surface area contributed by atoms with E-state index in [2.05, 4.69) is 0 Å². The lowest BCUT2D eigenvalue weighted by Gasteiger charge is -2.11. The Morgan fingerprint density at radius 3 is 2.50 bits per heavy atom. The van der Waals surface area contributed by atoms with Gasteiger partial charge in [0.25, 0.3) is 0 Å². The van der Waals surface area contributed by atoms with Gasteiger partial charge in [0.05, 0.1) is 0 Å². The van der Waals surface area contributed by atoms with E-state index in [1.807, 2.05) is 25.1 Å². The fraction of sp³-hybridized carbons (Fsp3) is 0.200. The summed E-state index contributed by atoms with van der Waals surface area (Å²) in [6.07, 6.45) is 0. The molecule has 0 amide bonds. The summed E-state index contributed by atoms with van der Waals surface area (Å²) in [6.45, 7) is 4.15. The molecule has 0 heterocycles. The van der Waals surface area contributed by atoms with E-state index in [4.69, 9.17) is 10.5 Å². The summed E-state index contributed by atoms with van der Waals surface area (Å²) in [4.78, 5) is 0. The first-order chi connectivity index (χ1) is 8.60. The Balaban J connectivity index is 2.30. The first kappa shape index (κ1) is 12.6. The lowest BCUT2D eigenvalue weighted by atomic mass is 10.1. The number of hydrogen-bond acceptors (Lipinski definition) is 2. The minimum absolute atomic E-state index is 0.227. The molecule has 0 aromatic heterocycles. The van der Waals surface area contributed by atoms with E-state index in [9.17, 15) is 4.39 Å². The quantitative estimate of drug-likeness (QED) is 0.895. The van der Waals surface area contributed by atoms with E-state index in [0.29, 0.717) is 17.9 Å². The number of hydrogen-bond donors (Lipinski definition) is 1. The molecule has 18 heavy (non-hydrogen) atoms. The van der Waals surface area contributed by atoms with Crippen molar-refractivity contribution in [3.63, 3.8) is 0 Å². The van der Waals surface area contributed by atoms with Crippen molar-refractivity contribution in [1.29, 1.82) is 0 Å². The van der Waals surface area contributed by atoms with E-state index >= 15 is 0 Å². The average molecular weight is 245 g/mol. The summed E-state index contributed by atoms with van der Waals surface area (Å²) in [7, 11) is 0. The van der Waals surface area contributed by atoms with Crippen LogP contribution in [0.2, 0.25) is 0 Å². The Kier molecular flexibility index (Phi) is 3.63. The molecule has 0 saturated heterocycles. The molecule has 0 aliphatic heterocycles. The van der Waals surface area contributed by atoms with Crippen LogP contribution in [-0.4, -0.2) is 0 Å². The topological polar surface area (TPSA) is 35.2 Å². The van der Waals surface area contributed by atoms with Gasteiger partial charge < -0.3 is 10.5 Å². The maximum absolute atomic E-state index is 13.2. The molecule has 0 spiro atoms. The highest BCUT2D eigenvalue weighted by molar-refractivity contribution is 5.41. The van der Waals surface area contributed by atoms with Crippen LogP contribution in [0.1, 0.15) is 16.7 Å². The molecular weight excluding hydrogens is 229 g/mol. The van der Waals surface area contributed by atoms with Crippen LogP contribution in [0.5, 0.6) is 11.5 Å². The minimum atomic E-state index is -0.227. The fourth-order valence-electron chi connectivity index (χ4n) is 1.69. The van der Waals surface area contributed by atoms with Gasteiger partial charge in [-0.15, -0.1) is 0 Å². The van der Waals surface area contributed by atoms with Crippen LogP contribution in [0.3, 0.4) is 0 Å². The van der Waals surface area contributed by atoms with Crippen LogP contribution in [0.4, 0.5) is 4.39 Å². The Morgan fingerprint density at radius 1 is 1.06 bits per heavy atom. The van der Waals surface area contributed by atoms with Crippen molar-refractivity contribution in [2.45, 2.75) is 20.4 Å². The van der Waals surface area contributed by atoms with Crippen molar-refractivity contribution in [3.05, 3.63) is 58.9 Å². The Bertz CT molecular complexity index is 566. The van der Waals surface area contributed by atoms with Crippen molar-refractivity contribution >= 4 is 0 Å². The number of nitrogens with two attached hydrogens (primary N) is 1. The number of halogens is 1. The molecule has 0 unspecified atom stereocenters. The Morgan fingerprint density at radius 2 is 1.83 bits per heavy atom. The Labute approximate surface area is 106 Å². The number of aryl methyl sites for hydroxylation is 2. The monoisotopic (exact) mass is 245 g/mol. The molecule has 2 aromatic carbocycles. The number of benzene rings is 2. The highest BCUT2D eigenvalue weighted by Gasteiger charge is 2.05. The summed E-state index contributed by atoms with van der Waals surface area (Å²) >= 11 is 0. The Hall–Kier alpha value is -1.87. The standard InChI is InChI=1S/C15H16FNO/c1-10-3-4-12(9-17)8-15(10)18-13-5-6-14(16)11(2)7-13/h3-8H,9,17H2,1-2H3. The third-order valence-corrected chi connectivity index (χ3v) is 2.85. The second kappa shape index (κ2) is 5.19. The van der Waals surface area contributed by atoms with E-state index in [-0.39, 0.29) is 5.82 Å². The summed E-state index contributed by atoms with van der Waals surface area (Å²) < 4.78 is 18.9. The first-order valence-corrected chi connectivity index (χ1v) is 5.84. The van der Waals surface area contributed by atoms with Crippen molar-refractivity contribution in [1.82, 2.24) is 0 Å². The van der Waals surface area contributed by atoms with Gasteiger partial charge in [-0.1, -0.05) is 12.1 Å². The molecule has 3 heteroatoms. The lowest BCUT2D eigenvalue weighted by molar-refractivity contribution is 0.475. The molecule has 0 saturated carbocycles. The van der Waals surface area contributed by atoms with Gasteiger partial charge in [0, 0.05) is 6.54 Å². The van der Waals surface area contributed by atoms with Gasteiger partial charge in [0.2, 0.25) is 0 Å². The zero-order valence-electron chi connectivity index (χ0n) is 10.5. The maximum atomic E-state index is 13.2. The SMILES string of the molecule is Cc1cc(Oc2cc(CN)ccc2C)ccc1F. The molecule has 2 N–H and O–H groups in total. The molecule has 0 fully saturated rings. The van der Waals surface area contributed by atoms with Gasteiger partial charge in [-0.3, -0.25) is 0 Å². The normalized spacial score (nSPS) is 10.4. The van der Waals surface area contributed by atoms with Crippen LogP contribution in [0.15, 0.2) is 36.4 Å². The third kappa shape index (κ3) is 2.68. The van der Waals surface area contributed by atoms with Gasteiger partial charge in [0.1, 0.15) is 17.3 Å². The summed E-state index contributed by atoms with van der Waals surface area (Å²) in [6, 6.07) is 10.6. The maximum Gasteiger partial charge on any atom is 0.130 e. The molecule has 2 rings (SSSR count). The smallest absolute Gasteiger partial charge is 0.130 e. The van der Waals surface area contributed by atoms with Crippen molar-refractivity contribution in [2.24, 2.45) is 5.73 Å². The van der Waals surface area contributed by atoms with E-state index in [0.717, 1.165) is 16.9 Å². The molecule has 2 aromatic rings. The van der Waals surface area contributed by atoms with Crippen molar-refractivity contribution in [3.8, 4) is 11.5 Å². The first-order valence-electron chi connectivity index (χ1n) is 5.84. The van der Waals surface area contributed by atoms with Crippen molar-refractivity contribution < 1.29 is 9.13 Å². The largest absolute Gasteiger partial charge is 0.457 e. The second-order valence-electron chi connectivity index (χ2n) is 4.32. The number of rotatable bonds is 3. The molecule has 2 nitrogen and oxygen atoms in total. The molecule has 0 radical (unpaired) electrons. The van der Waals surface area contributed by atoms with Crippen LogP contribution in [0.25, 0.3) is 0 Å². The fourth-order valence-corrected chi connectivity index (χ4v) is 1.69. The van der Waals surface area contributed by atoms with Gasteiger partial charge in [-0.05, 0) is 54.8 Å². The second-order valence-corrected chi connectivity index (χ2v) is 4.32. The van der Waals surface area contributed by atoms with Gasteiger partial charge >= 0.3 is 0 Å². The number of ether oxygens (including phenoxy) is 1. The summed E-state index contributed by atoms with van der Waals surface area (Å²) in [5, 5.41) is 0. The van der Waals surface area contributed by atoms with E-state index in [1.165, 1.54) is 6.07 Å². The van der Waals surface area contributed by atoms with Gasteiger partial charge in [0.15, 0.2) is 0 Å². The summed E-state index contributed by atoms with van der Waals surface area (Å²) in [5.41, 5.74) is 8.20. The summed E-state index contributed by atoms with van der Waals surface area (Å²) in [5.74, 6) is 1.16. The highest BCUT2D eigenvalue weighted by Crippen LogP contribution is 2.27. The third-order valence-electron chi connectivity index (χ3n) is 2.85.